The third-order valence-electron chi connectivity index (χ3n) is 9.36. The molecule has 1 aliphatic heterocycles. The molecule has 7 atom stereocenters. The van der Waals surface area contributed by atoms with Crippen molar-refractivity contribution in [3.63, 3.8) is 0 Å². The summed E-state index contributed by atoms with van der Waals surface area (Å²) in [5, 5.41) is 7.82. The fourth-order valence-corrected chi connectivity index (χ4v) is 7.46. The first-order chi connectivity index (χ1) is 13.4. The standard InChI is InChI=1S/C23H34N2O3/c1-22-8-5-15(25-28-16-7-10-24-13-16)11-14(22)12-19(26)21-17-3-4-20(27)23(17,2)9-6-18(21)22/h14,16-18,21,24H,3-13H2,1-2H3/b25-15+/t14?,16-,17+,18+,21+,22+,23+/m1/s1. The third-order valence-corrected chi connectivity index (χ3v) is 9.36. The quantitative estimate of drug-likeness (QED) is 0.738. The van der Waals surface area contributed by atoms with Crippen LogP contribution < -0.4 is 5.32 Å². The van der Waals surface area contributed by atoms with Gasteiger partial charge in [0, 0.05) is 37.1 Å². The van der Waals surface area contributed by atoms with Crippen molar-refractivity contribution in [1.29, 1.82) is 0 Å². The minimum atomic E-state index is -0.232. The highest BCUT2D eigenvalue weighted by Gasteiger charge is 2.62. The Morgan fingerprint density at radius 1 is 1.04 bits per heavy atom. The summed E-state index contributed by atoms with van der Waals surface area (Å²) in [5.74, 6) is 2.08. The predicted octanol–water partition coefficient (Wildman–Crippen LogP) is 3.51. The van der Waals surface area contributed by atoms with Gasteiger partial charge in [0.15, 0.2) is 0 Å². The molecule has 5 nitrogen and oxygen atoms in total. The highest BCUT2D eigenvalue weighted by atomic mass is 16.6. The first-order valence-electron chi connectivity index (χ1n) is 11.4. The minimum Gasteiger partial charge on any atom is -0.391 e. The molecule has 5 heteroatoms. The largest absolute Gasteiger partial charge is 0.391 e. The topological polar surface area (TPSA) is 67.8 Å². The van der Waals surface area contributed by atoms with Crippen molar-refractivity contribution in [3.05, 3.63) is 0 Å². The molecule has 28 heavy (non-hydrogen) atoms. The Kier molecular flexibility index (Phi) is 4.46. The summed E-state index contributed by atoms with van der Waals surface area (Å²) in [6.07, 6.45) is 8.54. The number of hydrogen-bond donors (Lipinski definition) is 1. The fraction of sp³-hybridized carbons (Fsp3) is 0.870. The lowest BCUT2D eigenvalue weighted by molar-refractivity contribution is -0.154. The Morgan fingerprint density at radius 3 is 2.68 bits per heavy atom. The van der Waals surface area contributed by atoms with Gasteiger partial charge in [-0.15, -0.1) is 0 Å². The van der Waals surface area contributed by atoms with Gasteiger partial charge in [0.05, 0.1) is 5.71 Å². The number of nitrogens with one attached hydrogen (secondary N) is 1. The molecule has 0 bridgehead atoms. The SMILES string of the molecule is C[C@]12CC/C(=N\O[C@@H]3CCNC3)CC1CC(=O)[C@@H]1[C@@H]2CC[C@]2(C)C(=O)CC[C@@H]12. The van der Waals surface area contributed by atoms with Crippen LogP contribution in [0.5, 0.6) is 0 Å². The first kappa shape index (κ1) is 18.8. The number of Topliss-reactive ketones (excluding diaryl/α,β-unsaturated/α-hetero) is 2. The summed E-state index contributed by atoms with van der Waals surface area (Å²) >= 11 is 0. The average Bonchev–Trinajstić information content (AvgIpc) is 3.29. The lowest BCUT2D eigenvalue weighted by Gasteiger charge is -2.58. The second-order valence-corrected chi connectivity index (χ2v) is 10.6. The molecular weight excluding hydrogens is 352 g/mol. The summed E-state index contributed by atoms with van der Waals surface area (Å²) in [7, 11) is 0. The molecule has 0 aromatic rings. The molecule has 4 saturated carbocycles. The Labute approximate surface area is 168 Å². The van der Waals surface area contributed by atoms with E-state index in [0.717, 1.165) is 63.7 Å². The van der Waals surface area contributed by atoms with Gasteiger partial charge in [-0.1, -0.05) is 19.0 Å². The molecule has 1 saturated heterocycles. The van der Waals surface area contributed by atoms with Crippen LogP contribution >= 0.6 is 0 Å². The summed E-state index contributed by atoms with van der Waals surface area (Å²) in [6.45, 7) is 6.47. The van der Waals surface area contributed by atoms with Crippen molar-refractivity contribution in [2.75, 3.05) is 13.1 Å². The zero-order valence-corrected chi connectivity index (χ0v) is 17.3. The third kappa shape index (κ3) is 2.72. The van der Waals surface area contributed by atoms with E-state index in [1.165, 1.54) is 0 Å². The molecule has 5 aliphatic rings. The van der Waals surface area contributed by atoms with E-state index in [1.54, 1.807) is 0 Å². The number of rotatable bonds is 2. The number of carbonyl (C=O) groups excluding carboxylic acids is 2. The van der Waals surface area contributed by atoms with Gasteiger partial charge in [0.1, 0.15) is 17.7 Å². The van der Waals surface area contributed by atoms with Crippen LogP contribution in [0.4, 0.5) is 0 Å². The van der Waals surface area contributed by atoms with E-state index in [-0.39, 0.29) is 28.8 Å². The molecule has 5 rings (SSSR count). The molecule has 1 unspecified atom stereocenters. The van der Waals surface area contributed by atoms with Crippen LogP contribution in [0.25, 0.3) is 0 Å². The van der Waals surface area contributed by atoms with E-state index in [2.05, 4.69) is 24.3 Å². The lowest BCUT2D eigenvalue weighted by Crippen LogP contribution is -2.57. The monoisotopic (exact) mass is 386 g/mol. The van der Waals surface area contributed by atoms with Crippen LogP contribution in [0.3, 0.4) is 0 Å². The van der Waals surface area contributed by atoms with Crippen LogP contribution in [0, 0.1) is 34.5 Å². The molecular formula is C23H34N2O3. The number of nitrogens with zero attached hydrogens (tertiary/aromatic N) is 1. The van der Waals surface area contributed by atoms with Crippen molar-refractivity contribution in [2.24, 2.45) is 39.7 Å². The van der Waals surface area contributed by atoms with E-state index < -0.39 is 0 Å². The number of carbonyl (C=O) groups is 2. The predicted molar refractivity (Wildman–Crippen MR) is 107 cm³/mol. The van der Waals surface area contributed by atoms with Gasteiger partial charge in [-0.25, -0.2) is 0 Å². The maximum absolute atomic E-state index is 13.3. The Hall–Kier alpha value is -1.23. The van der Waals surface area contributed by atoms with Gasteiger partial charge in [-0.3, -0.25) is 9.59 Å². The fourth-order valence-electron chi connectivity index (χ4n) is 7.46. The number of fused-ring (bicyclic) bond motifs is 5. The molecule has 0 radical (unpaired) electrons. The van der Waals surface area contributed by atoms with Crippen LogP contribution in [-0.2, 0) is 14.4 Å². The van der Waals surface area contributed by atoms with E-state index >= 15 is 0 Å². The molecule has 5 fully saturated rings. The Morgan fingerprint density at radius 2 is 1.89 bits per heavy atom. The number of ketones is 2. The van der Waals surface area contributed by atoms with Crippen LogP contribution in [0.2, 0.25) is 0 Å². The van der Waals surface area contributed by atoms with Crippen LogP contribution in [0.1, 0.15) is 71.6 Å². The van der Waals surface area contributed by atoms with Crippen molar-refractivity contribution in [3.8, 4) is 0 Å². The zero-order chi connectivity index (χ0) is 19.5. The normalized spacial score (nSPS) is 49.6. The zero-order valence-electron chi connectivity index (χ0n) is 17.3. The van der Waals surface area contributed by atoms with Gasteiger partial charge in [-0.2, -0.15) is 0 Å². The molecule has 0 spiro atoms. The second kappa shape index (κ2) is 6.65. The van der Waals surface area contributed by atoms with Gasteiger partial charge in [0.2, 0.25) is 0 Å². The smallest absolute Gasteiger partial charge is 0.141 e. The van der Waals surface area contributed by atoms with E-state index in [4.69, 9.17) is 4.84 Å². The highest BCUT2D eigenvalue weighted by Crippen LogP contribution is 2.64. The Balaban J connectivity index is 1.35. The van der Waals surface area contributed by atoms with E-state index in [0.29, 0.717) is 36.2 Å². The molecule has 1 N–H and O–H groups in total. The summed E-state index contributed by atoms with van der Waals surface area (Å²) in [5.41, 5.74) is 1.13. The molecule has 4 aliphatic carbocycles. The maximum Gasteiger partial charge on any atom is 0.141 e. The van der Waals surface area contributed by atoms with Crippen LogP contribution in [0.15, 0.2) is 5.16 Å². The molecule has 1 heterocycles. The van der Waals surface area contributed by atoms with Gasteiger partial charge in [-0.05, 0) is 68.2 Å². The van der Waals surface area contributed by atoms with Gasteiger partial charge in [0.25, 0.3) is 0 Å². The molecule has 154 valence electrons. The molecule has 0 aromatic heterocycles. The first-order valence-corrected chi connectivity index (χ1v) is 11.4. The van der Waals surface area contributed by atoms with Crippen molar-refractivity contribution >= 4 is 17.3 Å². The van der Waals surface area contributed by atoms with E-state index in [9.17, 15) is 9.59 Å². The summed E-state index contributed by atoms with van der Waals surface area (Å²) < 4.78 is 0. The Bertz CT molecular complexity index is 713. The minimum absolute atomic E-state index is 0.116. The second-order valence-electron chi connectivity index (χ2n) is 10.6. The lowest BCUT2D eigenvalue weighted by atomic mass is 9.45. The van der Waals surface area contributed by atoms with Crippen molar-refractivity contribution in [1.82, 2.24) is 5.32 Å². The maximum atomic E-state index is 13.3. The van der Waals surface area contributed by atoms with Gasteiger partial charge >= 0.3 is 0 Å². The molecule has 0 aromatic carbocycles. The highest BCUT2D eigenvalue weighted by molar-refractivity contribution is 5.91. The van der Waals surface area contributed by atoms with E-state index in [1.807, 2.05) is 0 Å². The number of oxime groups is 1. The summed E-state index contributed by atoms with van der Waals surface area (Å²) in [6, 6.07) is 0. The number of hydrogen-bond acceptors (Lipinski definition) is 5. The van der Waals surface area contributed by atoms with Crippen molar-refractivity contribution < 1.29 is 14.4 Å². The average molecular weight is 387 g/mol. The van der Waals surface area contributed by atoms with Crippen LogP contribution in [-0.4, -0.2) is 36.5 Å². The molecule has 0 amide bonds. The van der Waals surface area contributed by atoms with Gasteiger partial charge < -0.3 is 10.2 Å². The summed E-state index contributed by atoms with van der Waals surface area (Å²) in [4.78, 5) is 31.6. The van der Waals surface area contributed by atoms with Crippen molar-refractivity contribution in [2.45, 2.75) is 77.7 Å².